The number of rotatable bonds is 3. The highest BCUT2D eigenvalue weighted by molar-refractivity contribution is 5.92. The molecule has 2 N–H and O–H groups in total. The number of carbonyl (C=O) groups excluding carboxylic acids is 1. The average molecular weight is 220 g/mol. The number of nitrogens with one attached hydrogen (secondary N) is 1. The van der Waals surface area contributed by atoms with E-state index in [2.05, 4.69) is 10.3 Å². The Morgan fingerprint density at radius 1 is 1.56 bits per heavy atom. The second-order valence-electron chi connectivity index (χ2n) is 4.42. The van der Waals surface area contributed by atoms with Gasteiger partial charge in [-0.3, -0.25) is 4.79 Å². The molecule has 1 fully saturated rings. The number of aryl methyl sites for hydroxylation is 1. The van der Waals surface area contributed by atoms with E-state index in [1.54, 1.807) is 12.1 Å². The number of hydrogen-bond donors (Lipinski definition) is 2. The summed E-state index contributed by atoms with van der Waals surface area (Å²) in [4.78, 5) is 15.8. The van der Waals surface area contributed by atoms with Crippen molar-refractivity contribution in [1.82, 2.24) is 10.3 Å². The van der Waals surface area contributed by atoms with Crippen molar-refractivity contribution >= 4 is 5.91 Å². The molecule has 4 heteroatoms. The van der Waals surface area contributed by atoms with Crippen molar-refractivity contribution in [3.05, 3.63) is 29.6 Å². The molecular weight excluding hydrogens is 204 g/mol. The Labute approximate surface area is 94.7 Å². The van der Waals surface area contributed by atoms with Crippen molar-refractivity contribution in [2.45, 2.75) is 31.8 Å². The highest BCUT2D eigenvalue weighted by Gasteiger charge is 2.34. The monoisotopic (exact) mass is 220 g/mol. The van der Waals surface area contributed by atoms with Crippen molar-refractivity contribution in [3.8, 4) is 0 Å². The molecule has 0 spiro atoms. The fourth-order valence-electron chi connectivity index (χ4n) is 1.77. The van der Waals surface area contributed by atoms with E-state index in [9.17, 15) is 9.90 Å². The fraction of sp³-hybridized carbons (Fsp3) is 0.500. The van der Waals surface area contributed by atoms with Gasteiger partial charge in [-0.15, -0.1) is 0 Å². The molecule has 1 saturated carbocycles. The van der Waals surface area contributed by atoms with Gasteiger partial charge in [0.05, 0.1) is 5.60 Å². The van der Waals surface area contributed by atoms with Gasteiger partial charge in [0.15, 0.2) is 0 Å². The van der Waals surface area contributed by atoms with Gasteiger partial charge in [0.1, 0.15) is 5.69 Å². The molecule has 1 amide bonds. The van der Waals surface area contributed by atoms with Gasteiger partial charge in [0.2, 0.25) is 0 Å². The molecule has 86 valence electrons. The van der Waals surface area contributed by atoms with E-state index in [1.807, 2.05) is 13.0 Å². The Hall–Kier alpha value is -1.42. The molecule has 0 saturated heterocycles. The van der Waals surface area contributed by atoms with E-state index >= 15 is 0 Å². The van der Waals surface area contributed by atoms with Gasteiger partial charge >= 0.3 is 0 Å². The average Bonchev–Trinajstić information content (AvgIpc) is 2.23. The Morgan fingerprint density at radius 2 is 2.31 bits per heavy atom. The van der Waals surface area contributed by atoms with Crippen LogP contribution >= 0.6 is 0 Å². The van der Waals surface area contributed by atoms with Crippen LogP contribution in [0.1, 0.15) is 35.4 Å². The minimum atomic E-state index is -0.681. The standard InChI is InChI=1S/C12H16N2O2/c1-9-4-2-5-10(14-9)11(15)13-8-12(16)6-3-7-12/h2,4-5,16H,3,6-8H2,1H3,(H,13,15). The van der Waals surface area contributed by atoms with Crippen LogP contribution in [0.3, 0.4) is 0 Å². The third kappa shape index (κ3) is 2.39. The van der Waals surface area contributed by atoms with Crippen LogP contribution in [-0.2, 0) is 0 Å². The van der Waals surface area contributed by atoms with Crippen LogP contribution in [0, 0.1) is 6.92 Å². The molecule has 1 aromatic rings. The topological polar surface area (TPSA) is 62.2 Å². The van der Waals surface area contributed by atoms with Crippen LogP contribution in [0.2, 0.25) is 0 Å². The summed E-state index contributed by atoms with van der Waals surface area (Å²) in [6.07, 6.45) is 2.58. The second-order valence-corrected chi connectivity index (χ2v) is 4.42. The Balaban J connectivity index is 1.93. The van der Waals surface area contributed by atoms with E-state index in [0.717, 1.165) is 25.0 Å². The molecule has 0 aromatic carbocycles. The van der Waals surface area contributed by atoms with Crippen molar-refractivity contribution in [1.29, 1.82) is 0 Å². The van der Waals surface area contributed by atoms with E-state index in [-0.39, 0.29) is 5.91 Å². The lowest BCUT2D eigenvalue weighted by molar-refractivity contribution is -0.0300. The highest BCUT2D eigenvalue weighted by atomic mass is 16.3. The van der Waals surface area contributed by atoms with Crippen LogP contribution < -0.4 is 5.32 Å². The number of aliphatic hydroxyl groups is 1. The maximum absolute atomic E-state index is 11.7. The lowest BCUT2D eigenvalue weighted by Gasteiger charge is -2.36. The third-order valence-corrected chi connectivity index (χ3v) is 2.98. The molecule has 0 unspecified atom stereocenters. The molecule has 0 radical (unpaired) electrons. The molecule has 0 aliphatic heterocycles. The smallest absolute Gasteiger partial charge is 0.269 e. The molecule has 4 nitrogen and oxygen atoms in total. The van der Waals surface area contributed by atoms with Crippen LogP contribution in [0.15, 0.2) is 18.2 Å². The first-order chi connectivity index (χ1) is 7.59. The summed E-state index contributed by atoms with van der Waals surface area (Å²) in [5.41, 5.74) is 0.539. The Morgan fingerprint density at radius 3 is 2.88 bits per heavy atom. The van der Waals surface area contributed by atoms with Crippen LogP contribution in [-0.4, -0.2) is 28.1 Å². The van der Waals surface area contributed by atoms with Gasteiger partial charge in [0, 0.05) is 12.2 Å². The number of hydrogen-bond acceptors (Lipinski definition) is 3. The zero-order chi connectivity index (χ0) is 11.6. The van der Waals surface area contributed by atoms with Crippen LogP contribution in [0.5, 0.6) is 0 Å². The summed E-state index contributed by atoms with van der Waals surface area (Å²) in [7, 11) is 0. The molecule has 1 aliphatic rings. The SMILES string of the molecule is Cc1cccc(C(=O)NCC2(O)CCC2)n1. The fourth-order valence-corrected chi connectivity index (χ4v) is 1.77. The van der Waals surface area contributed by atoms with Crippen molar-refractivity contribution in [2.24, 2.45) is 0 Å². The second kappa shape index (κ2) is 4.22. The molecule has 0 bridgehead atoms. The summed E-state index contributed by atoms with van der Waals surface area (Å²) in [6, 6.07) is 5.32. The first-order valence-corrected chi connectivity index (χ1v) is 5.53. The van der Waals surface area contributed by atoms with Crippen molar-refractivity contribution < 1.29 is 9.90 Å². The van der Waals surface area contributed by atoms with Gasteiger partial charge in [-0.2, -0.15) is 0 Å². The molecule has 2 rings (SSSR count). The van der Waals surface area contributed by atoms with Gasteiger partial charge in [-0.05, 0) is 38.3 Å². The highest BCUT2D eigenvalue weighted by Crippen LogP contribution is 2.30. The van der Waals surface area contributed by atoms with E-state index in [1.165, 1.54) is 0 Å². The predicted molar refractivity (Wildman–Crippen MR) is 60.1 cm³/mol. The van der Waals surface area contributed by atoms with Crippen molar-refractivity contribution in [3.63, 3.8) is 0 Å². The number of amides is 1. The summed E-state index contributed by atoms with van der Waals surface area (Å²) >= 11 is 0. The van der Waals surface area contributed by atoms with Gasteiger partial charge < -0.3 is 10.4 Å². The number of carbonyl (C=O) groups is 1. The lowest BCUT2D eigenvalue weighted by Crippen LogP contribution is -2.47. The quantitative estimate of drug-likeness (QED) is 0.800. The molecule has 16 heavy (non-hydrogen) atoms. The largest absolute Gasteiger partial charge is 0.388 e. The zero-order valence-electron chi connectivity index (χ0n) is 9.36. The zero-order valence-corrected chi connectivity index (χ0v) is 9.36. The van der Waals surface area contributed by atoms with Gasteiger partial charge in [-0.25, -0.2) is 4.98 Å². The molecular formula is C12H16N2O2. The first-order valence-electron chi connectivity index (χ1n) is 5.53. The molecule has 1 heterocycles. The van der Waals surface area contributed by atoms with Gasteiger partial charge in [-0.1, -0.05) is 6.07 Å². The normalized spacial score (nSPS) is 17.6. The summed E-state index contributed by atoms with van der Waals surface area (Å²) in [5.74, 6) is -0.218. The number of nitrogens with zero attached hydrogens (tertiary/aromatic N) is 1. The van der Waals surface area contributed by atoms with Crippen LogP contribution in [0.4, 0.5) is 0 Å². The molecule has 0 atom stereocenters. The molecule has 1 aromatic heterocycles. The maximum atomic E-state index is 11.7. The third-order valence-electron chi connectivity index (χ3n) is 2.98. The predicted octanol–water partition coefficient (Wildman–Crippen LogP) is 1.03. The lowest BCUT2D eigenvalue weighted by atomic mass is 9.80. The van der Waals surface area contributed by atoms with Crippen LogP contribution in [0.25, 0.3) is 0 Å². The summed E-state index contributed by atoms with van der Waals surface area (Å²) < 4.78 is 0. The minimum absolute atomic E-state index is 0.218. The van der Waals surface area contributed by atoms with E-state index in [4.69, 9.17) is 0 Å². The minimum Gasteiger partial charge on any atom is -0.388 e. The first kappa shape index (κ1) is 11.1. The molecule has 1 aliphatic carbocycles. The van der Waals surface area contributed by atoms with E-state index in [0.29, 0.717) is 12.2 Å². The maximum Gasteiger partial charge on any atom is 0.269 e. The summed E-state index contributed by atoms with van der Waals surface area (Å²) in [6.45, 7) is 2.16. The Bertz CT molecular complexity index is 400. The van der Waals surface area contributed by atoms with Crippen molar-refractivity contribution in [2.75, 3.05) is 6.54 Å². The number of aromatic nitrogens is 1. The van der Waals surface area contributed by atoms with E-state index < -0.39 is 5.60 Å². The summed E-state index contributed by atoms with van der Waals surface area (Å²) in [5, 5.41) is 12.5. The Kier molecular flexibility index (Phi) is 2.92. The number of pyridine rings is 1. The van der Waals surface area contributed by atoms with Gasteiger partial charge in [0.25, 0.3) is 5.91 Å².